The van der Waals surface area contributed by atoms with Crippen LogP contribution in [-0.2, 0) is 6.54 Å². The SMILES string of the molecule is CCN1C(=O)N(N)C(N)N(Cc2ccc(Cl)cc2)C1=O. The largest absolute Gasteiger partial charge is 0.345 e. The lowest BCUT2D eigenvalue weighted by Crippen LogP contribution is -2.70. The molecule has 1 saturated heterocycles. The number of nitrogens with two attached hydrogens (primary N) is 2. The van der Waals surface area contributed by atoms with Gasteiger partial charge in [0.2, 0.25) is 0 Å². The first-order valence-corrected chi connectivity index (χ1v) is 6.49. The smallest absolute Gasteiger partial charge is 0.292 e. The second kappa shape index (κ2) is 5.66. The lowest BCUT2D eigenvalue weighted by Gasteiger charge is -2.43. The molecule has 0 spiro atoms. The van der Waals surface area contributed by atoms with E-state index in [1.807, 2.05) is 0 Å². The molecule has 7 nitrogen and oxygen atoms in total. The Kier molecular flexibility index (Phi) is 4.12. The van der Waals surface area contributed by atoms with Gasteiger partial charge in [0.05, 0.1) is 6.54 Å². The van der Waals surface area contributed by atoms with Crippen LogP contribution in [0.5, 0.6) is 0 Å². The fourth-order valence-electron chi connectivity index (χ4n) is 1.97. The van der Waals surface area contributed by atoms with E-state index in [0.29, 0.717) is 5.02 Å². The molecule has 4 amide bonds. The van der Waals surface area contributed by atoms with E-state index in [9.17, 15) is 9.59 Å². The highest BCUT2D eigenvalue weighted by atomic mass is 35.5. The van der Waals surface area contributed by atoms with E-state index in [4.69, 9.17) is 23.2 Å². The minimum atomic E-state index is -0.992. The number of amides is 4. The Morgan fingerprint density at radius 2 is 1.80 bits per heavy atom. The van der Waals surface area contributed by atoms with E-state index in [1.165, 1.54) is 4.90 Å². The van der Waals surface area contributed by atoms with E-state index in [2.05, 4.69) is 0 Å². The third kappa shape index (κ3) is 2.55. The molecule has 8 heteroatoms. The van der Waals surface area contributed by atoms with Gasteiger partial charge in [0.25, 0.3) is 0 Å². The van der Waals surface area contributed by atoms with Crippen LogP contribution in [0.15, 0.2) is 24.3 Å². The number of hydrazine groups is 1. The molecule has 0 radical (unpaired) electrons. The molecule has 0 saturated carbocycles. The molecule has 1 aromatic carbocycles. The van der Waals surface area contributed by atoms with Gasteiger partial charge in [-0.05, 0) is 24.6 Å². The van der Waals surface area contributed by atoms with Gasteiger partial charge >= 0.3 is 12.1 Å². The molecule has 108 valence electrons. The molecule has 1 atom stereocenters. The van der Waals surface area contributed by atoms with Crippen LogP contribution in [0.25, 0.3) is 0 Å². The van der Waals surface area contributed by atoms with Crippen LogP contribution in [0.2, 0.25) is 5.02 Å². The van der Waals surface area contributed by atoms with Crippen molar-refractivity contribution in [2.45, 2.75) is 19.8 Å². The minimum absolute atomic E-state index is 0.231. The van der Waals surface area contributed by atoms with Gasteiger partial charge in [-0.2, -0.15) is 0 Å². The summed E-state index contributed by atoms with van der Waals surface area (Å²) in [5.74, 6) is 5.62. The van der Waals surface area contributed by atoms with Crippen LogP contribution in [-0.4, -0.2) is 39.7 Å². The predicted molar refractivity (Wildman–Crippen MR) is 74.2 cm³/mol. The van der Waals surface area contributed by atoms with Gasteiger partial charge in [0.1, 0.15) is 0 Å². The average Bonchev–Trinajstić information content (AvgIpc) is 2.44. The Morgan fingerprint density at radius 3 is 2.35 bits per heavy atom. The molecule has 1 aliphatic heterocycles. The zero-order chi connectivity index (χ0) is 14.9. The zero-order valence-electron chi connectivity index (χ0n) is 11.0. The van der Waals surface area contributed by atoms with E-state index < -0.39 is 18.4 Å². The summed E-state index contributed by atoms with van der Waals surface area (Å²) in [6.07, 6.45) is -0.992. The number of carbonyl (C=O) groups excluding carboxylic acids is 2. The standard InChI is InChI=1S/C12H16ClN5O2/c1-2-16-11(19)17(10(14)18(15)12(16)20)7-8-3-5-9(13)6-4-8/h3-6,10H,2,7,14-15H2,1H3. The lowest BCUT2D eigenvalue weighted by atomic mass is 10.2. The number of carbonyl (C=O) groups is 2. The van der Waals surface area contributed by atoms with E-state index in [1.54, 1.807) is 31.2 Å². The van der Waals surface area contributed by atoms with Crippen LogP contribution in [0.1, 0.15) is 12.5 Å². The Bertz CT molecular complexity index is 521. The molecule has 0 aromatic heterocycles. The quantitative estimate of drug-likeness (QED) is 0.646. The minimum Gasteiger partial charge on any atom is -0.292 e. The summed E-state index contributed by atoms with van der Waals surface area (Å²) < 4.78 is 0. The summed E-state index contributed by atoms with van der Waals surface area (Å²) in [5, 5.41) is 1.45. The summed E-state index contributed by atoms with van der Waals surface area (Å²) >= 11 is 5.81. The highest BCUT2D eigenvalue weighted by Crippen LogP contribution is 2.18. The number of nitrogens with zero attached hydrogens (tertiary/aromatic N) is 3. The Hall–Kier alpha value is -1.83. The highest BCUT2D eigenvalue weighted by molar-refractivity contribution is 6.30. The van der Waals surface area contributed by atoms with Crippen molar-refractivity contribution in [3.8, 4) is 0 Å². The van der Waals surface area contributed by atoms with Gasteiger partial charge in [0.15, 0.2) is 6.29 Å². The van der Waals surface area contributed by atoms with Crippen molar-refractivity contribution in [3.63, 3.8) is 0 Å². The molecular weight excluding hydrogens is 282 g/mol. The van der Waals surface area contributed by atoms with Gasteiger partial charge in [-0.15, -0.1) is 0 Å². The summed E-state index contributed by atoms with van der Waals surface area (Å²) in [6.45, 7) is 2.17. The summed E-state index contributed by atoms with van der Waals surface area (Å²) in [4.78, 5) is 26.4. The molecule has 1 aliphatic rings. The fraction of sp³-hybridized carbons (Fsp3) is 0.333. The number of rotatable bonds is 3. The molecule has 1 aromatic rings. The first kappa shape index (κ1) is 14.6. The Balaban J connectivity index is 2.22. The van der Waals surface area contributed by atoms with Crippen LogP contribution in [0, 0.1) is 0 Å². The number of hydrogen-bond donors (Lipinski definition) is 2. The highest BCUT2D eigenvalue weighted by Gasteiger charge is 2.40. The van der Waals surface area contributed by atoms with Crippen LogP contribution in [0.4, 0.5) is 9.59 Å². The molecule has 1 unspecified atom stereocenters. The van der Waals surface area contributed by atoms with Gasteiger partial charge in [-0.1, -0.05) is 23.7 Å². The number of urea groups is 2. The molecular formula is C12H16ClN5O2. The second-order valence-corrected chi connectivity index (χ2v) is 4.82. The van der Waals surface area contributed by atoms with Crippen molar-refractivity contribution in [3.05, 3.63) is 34.9 Å². The summed E-state index contributed by atoms with van der Waals surface area (Å²) in [7, 11) is 0. The normalized spacial score (nSPS) is 19.8. The molecule has 0 aliphatic carbocycles. The van der Waals surface area contributed by atoms with Crippen LogP contribution in [0.3, 0.4) is 0 Å². The van der Waals surface area contributed by atoms with E-state index >= 15 is 0 Å². The first-order valence-electron chi connectivity index (χ1n) is 6.11. The molecule has 2 rings (SSSR count). The molecule has 1 heterocycles. The van der Waals surface area contributed by atoms with Gasteiger partial charge < -0.3 is 0 Å². The van der Waals surface area contributed by atoms with E-state index in [-0.39, 0.29) is 13.1 Å². The van der Waals surface area contributed by atoms with Crippen molar-refractivity contribution in [1.82, 2.24) is 14.8 Å². The predicted octanol–water partition coefficient (Wildman–Crippen LogP) is 1.14. The summed E-state index contributed by atoms with van der Waals surface area (Å²) in [6, 6.07) is 5.96. The lowest BCUT2D eigenvalue weighted by molar-refractivity contribution is 0.0295. The maximum absolute atomic E-state index is 12.2. The molecule has 4 N–H and O–H groups in total. The summed E-state index contributed by atoms with van der Waals surface area (Å²) in [5.41, 5.74) is 6.67. The molecule has 0 bridgehead atoms. The first-order chi connectivity index (χ1) is 9.45. The number of hydrogen-bond acceptors (Lipinski definition) is 4. The van der Waals surface area contributed by atoms with Gasteiger partial charge in [-0.3, -0.25) is 10.6 Å². The Morgan fingerprint density at radius 1 is 1.20 bits per heavy atom. The Labute approximate surface area is 121 Å². The molecule has 20 heavy (non-hydrogen) atoms. The third-order valence-electron chi connectivity index (χ3n) is 3.12. The van der Waals surface area contributed by atoms with Crippen LogP contribution >= 0.6 is 11.6 Å². The average molecular weight is 298 g/mol. The number of halogens is 1. The second-order valence-electron chi connectivity index (χ2n) is 4.38. The number of benzene rings is 1. The third-order valence-corrected chi connectivity index (χ3v) is 3.37. The maximum atomic E-state index is 12.2. The van der Waals surface area contributed by atoms with Crippen molar-refractivity contribution >= 4 is 23.7 Å². The van der Waals surface area contributed by atoms with Gasteiger partial charge in [0, 0.05) is 11.6 Å². The fourth-order valence-corrected chi connectivity index (χ4v) is 2.10. The zero-order valence-corrected chi connectivity index (χ0v) is 11.7. The monoisotopic (exact) mass is 297 g/mol. The maximum Gasteiger partial charge on any atom is 0.345 e. The van der Waals surface area contributed by atoms with Crippen molar-refractivity contribution in [1.29, 1.82) is 0 Å². The van der Waals surface area contributed by atoms with E-state index in [0.717, 1.165) is 15.5 Å². The topological polar surface area (TPSA) is 95.9 Å². The van der Waals surface area contributed by atoms with Crippen molar-refractivity contribution in [2.24, 2.45) is 11.6 Å². The van der Waals surface area contributed by atoms with Crippen molar-refractivity contribution in [2.75, 3.05) is 6.54 Å². The molecule has 1 fully saturated rings. The van der Waals surface area contributed by atoms with Gasteiger partial charge in [-0.25, -0.2) is 25.3 Å². The number of imide groups is 1. The van der Waals surface area contributed by atoms with Crippen LogP contribution < -0.4 is 11.6 Å². The van der Waals surface area contributed by atoms with Crippen molar-refractivity contribution < 1.29 is 9.59 Å².